The maximum absolute atomic E-state index is 12.1. The number of hydrogen-bond donors (Lipinski definition) is 3. The number of methoxy groups -OCH3 is 1. The summed E-state index contributed by atoms with van der Waals surface area (Å²) in [4.78, 5) is 12.0. The summed E-state index contributed by atoms with van der Waals surface area (Å²) in [6.45, 7) is 3.81. The largest absolute Gasteiger partial charge is 0.383 e. The Morgan fingerprint density at radius 1 is 1.17 bits per heavy atom. The van der Waals surface area contributed by atoms with Crippen LogP contribution in [0.4, 0.5) is 0 Å². The van der Waals surface area contributed by atoms with Crippen molar-refractivity contribution in [1.29, 1.82) is 0 Å². The Bertz CT molecular complexity index is 554. The van der Waals surface area contributed by atoms with Crippen molar-refractivity contribution in [3.8, 4) is 0 Å². The van der Waals surface area contributed by atoms with Crippen LogP contribution in [-0.2, 0) is 19.6 Å². The molecule has 0 aliphatic heterocycles. The van der Waals surface area contributed by atoms with Crippen molar-refractivity contribution in [2.24, 2.45) is 0 Å². The fraction of sp³-hybridized carbons (Fsp3) is 0.500. The highest BCUT2D eigenvalue weighted by Gasteiger charge is 2.21. The lowest BCUT2D eigenvalue weighted by atomic mass is 10.3. The molecule has 1 aromatic carbocycles. The predicted molar refractivity (Wildman–Crippen MR) is 91.2 cm³/mol. The minimum absolute atomic E-state index is 0. The summed E-state index contributed by atoms with van der Waals surface area (Å²) in [6.07, 6.45) is 0. The van der Waals surface area contributed by atoms with Crippen LogP contribution in [0.15, 0.2) is 35.2 Å². The Morgan fingerprint density at radius 3 is 2.43 bits per heavy atom. The van der Waals surface area contributed by atoms with E-state index < -0.39 is 16.1 Å². The first-order valence-electron chi connectivity index (χ1n) is 7.02. The van der Waals surface area contributed by atoms with Crippen LogP contribution in [0.2, 0.25) is 0 Å². The summed E-state index contributed by atoms with van der Waals surface area (Å²) < 4.78 is 31.4. The van der Waals surface area contributed by atoms with E-state index in [1.807, 2.05) is 0 Å². The van der Waals surface area contributed by atoms with Gasteiger partial charge in [0.1, 0.15) is 0 Å². The van der Waals surface area contributed by atoms with Gasteiger partial charge in [0.05, 0.1) is 17.5 Å². The molecular weight excluding hydrogens is 342 g/mol. The van der Waals surface area contributed by atoms with Crippen LogP contribution in [-0.4, -0.2) is 53.7 Å². The van der Waals surface area contributed by atoms with E-state index in [-0.39, 0.29) is 23.2 Å². The minimum atomic E-state index is -3.69. The molecule has 3 N–H and O–H groups in total. The third-order valence-corrected chi connectivity index (χ3v) is 4.42. The van der Waals surface area contributed by atoms with E-state index in [1.54, 1.807) is 25.3 Å². The lowest BCUT2D eigenvalue weighted by Gasteiger charge is -2.14. The number of sulfonamides is 1. The van der Waals surface area contributed by atoms with Crippen molar-refractivity contribution in [1.82, 2.24) is 15.4 Å². The monoisotopic (exact) mass is 365 g/mol. The number of ether oxygens (including phenoxy) is 1. The van der Waals surface area contributed by atoms with Gasteiger partial charge >= 0.3 is 0 Å². The van der Waals surface area contributed by atoms with Crippen LogP contribution in [0.1, 0.15) is 6.92 Å². The molecular formula is C14H24ClN3O4S. The first kappa shape index (κ1) is 21.8. The number of amides is 1. The fourth-order valence-electron chi connectivity index (χ4n) is 1.68. The van der Waals surface area contributed by atoms with E-state index in [0.717, 1.165) is 0 Å². The summed E-state index contributed by atoms with van der Waals surface area (Å²) in [6, 6.07) is 7.10. The summed E-state index contributed by atoms with van der Waals surface area (Å²) in [7, 11) is -2.08. The Kier molecular flexibility index (Phi) is 10.8. The van der Waals surface area contributed by atoms with Gasteiger partial charge in [-0.05, 0) is 19.1 Å². The molecule has 0 saturated heterocycles. The Morgan fingerprint density at radius 2 is 1.83 bits per heavy atom. The number of rotatable bonds is 10. The van der Waals surface area contributed by atoms with Crippen LogP contribution in [0, 0.1) is 0 Å². The van der Waals surface area contributed by atoms with Gasteiger partial charge in [0.15, 0.2) is 0 Å². The highest BCUT2D eigenvalue weighted by molar-refractivity contribution is 7.89. The third kappa shape index (κ3) is 8.29. The van der Waals surface area contributed by atoms with Crippen LogP contribution < -0.4 is 15.4 Å². The lowest BCUT2D eigenvalue weighted by molar-refractivity contribution is -0.122. The molecule has 1 rings (SSSR count). The summed E-state index contributed by atoms with van der Waals surface area (Å²) in [5, 5.41) is 5.74. The number of benzene rings is 1. The average Bonchev–Trinajstić information content (AvgIpc) is 2.51. The number of hydrogen-bond acceptors (Lipinski definition) is 5. The quantitative estimate of drug-likeness (QED) is 0.512. The Labute approximate surface area is 143 Å². The van der Waals surface area contributed by atoms with E-state index in [0.29, 0.717) is 26.2 Å². The molecule has 0 aliphatic carbocycles. The smallest absolute Gasteiger partial charge is 0.241 e. The van der Waals surface area contributed by atoms with Gasteiger partial charge in [-0.1, -0.05) is 18.2 Å². The van der Waals surface area contributed by atoms with E-state index in [1.165, 1.54) is 19.1 Å². The van der Waals surface area contributed by atoms with Gasteiger partial charge in [0.25, 0.3) is 0 Å². The molecule has 9 heteroatoms. The highest BCUT2D eigenvalue weighted by Crippen LogP contribution is 2.07. The second-order valence-electron chi connectivity index (χ2n) is 4.69. The predicted octanol–water partition coefficient (Wildman–Crippen LogP) is 0.127. The zero-order valence-electron chi connectivity index (χ0n) is 13.2. The molecule has 1 aromatic rings. The molecule has 1 unspecified atom stereocenters. The maximum atomic E-state index is 12.1. The van der Waals surface area contributed by atoms with Crippen molar-refractivity contribution < 1.29 is 17.9 Å². The second kappa shape index (κ2) is 11.4. The standard InChI is InChI=1S/C14H23N3O4S.ClH/c1-12(14(18)16-9-8-15-10-11-21-2)17-22(19,20)13-6-4-3-5-7-13;/h3-7,12,15,17H,8-11H2,1-2H3,(H,16,18);1H. The van der Waals surface area contributed by atoms with Crippen molar-refractivity contribution in [3.63, 3.8) is 0 Å². The van der Waals surface area contributed by atoms with E-state index in [4.69, 9.17) is 4.74 Å². The van der Waals surface area contributed by atoms with Crippen molar-refractivity contribution >= 4 is 28.3 Å². The molecule has 1 atom stereocenters. The zero-order chi connectivity index (χ0) is 16.4. The second-order valence-corrected chi connectivity index (χ2v) is 6.40. The molecule has 0 fully saturated rings. The van der Waals surface area contributed by atoms with Gasteiger partial charge in [0, 0.05) is 26.7 Å². The number of halogens is 1. The number of nitrogens with one attached hydrogen (secondary N) is 3. The van der Waals surface area contributed by atoms with E-state index in [2.05, 4.69) is 15.4 Å². The molecule has 0 radical (unpaired) electrons. The summed E-state index contributed by atoms with van der Waals surface area (Å²) in [5.74, 6) is -0.368. The fourth-order valence-corrected chi connectivity index (χ4v) is 2.90. The van der Waals surface area contributed by atoms with Crippen LogP contribution in [0.5, 0.6) is 0 Å². The normalized spacial score (nSPS) is 12.3. The third-order valence-electron chi connectivity index (χ3n) is 2.86. The van der Waals surface area contributed by atoms with Gasteiger partial charge in [-0.2, -0.15) is 4.72 Å². The SMILES string of the molecule is COCCNCCNC(=O)C(C)NS(=O)(=O)c1ccccc1.Cl. The maximum Gasteiger partial charge on any atom is 0.241 e. The summed E-state index contributed by atoms with van der Waals surface area (Å²) in [5.41, 5.74) is 0. The topological polar surface area (TPSA) is 96.5 Å². The molecule has 0 heterocycles. The number of carbonyl (C=O) groups is 1. The first-order valence-corrected chi connectivity index (χ1v) is 8.50. The van der Waals surface area contributed by atoms with Crippen molar-refractivity contribution in [3.05, 3.63) is 30.3 Å². The van der Waals surface area contributed by atoms with Crippen LogP contribution in [0.3, 0.4) is 0 Å². The van der Waals surface area contributed by atoms with Crippen LogP contribution >= 0.6 is 12.4 Å². The van der Waals surface area contributed by atoms with Crippen molar-refractivity contribution in [2.45, 2.75) is 17.9 Å². The van der Waals surface area contributed by atoms with E-state index in [9.17, 15) is 13.2 Å². The molecule has 0 bridgehead atoms. The van der Waals surface area contributed by atoms with Gasteiger partial charge in [-0.25, -0.2) is 8.42 Å². The van der Waals surface area contributed by atoms with Gasteiger partial charge in [-0.15, -0.1) is 12.4 Å². The Balaban J connectivity index is 0.00000484. The lowest BCUT2D eigenvalue weighted by Crippen LogP contribution is -2.46. The zero-order valence-corrected chi connectivity index (χ0v) is 14.9. The highest BCUT2D eigenvalue weighted by atomic mass is 35.5. The van der Waals surface area contributed by atoms with E-state index >= 15 is 0 Å². The van der Waals surface area contributed by atoms with Gasteiger partial charge in [0.2, 0.25) is 15.9 Å². The minimum Gasteiger partial charge on any atom is -0.383 e. The number of carbonyl (C=O) groups excluding carboxylic acids is 1. The molecule has 1 amide bonds. The van der Waals surface area contributed by atoms with Crippen LogP contribution in [0.25, 0.3) is 0 Å². The molecule has 132 valence electrons. The first-order chi connectivity index (χ1) is 10.5. The van der Waals surface area contributed by atoms with Gasteiger partial charge in [-0.3, -0.25) is 4.79 Å². The average molecular weight is 366 g/mol. The molecule has 7 nitrogen and oxygen atoms in total. The Hall–Kier alpha value is -1.19. The molecule has 0 saturated carbocycles. The van der Waals surface area contributed by atoms with Crippen molar-refractivity contribution in [2.75, 3.05) is 33.4 Å². The molecule has 0 aliphatic rings. The molecule has 23 heavy (non-hydrogen) atoms. The molecule has 0 aromatic heterocycles. The molecule has 0 spiro atoms. The van der Waals surface area contributed by atoms with Gasteiger partial charge < -0.3 is 15.4 Å². The summed E-state index contributed by atoms with van der Waals surface area (Å²) >= 11 is 0.